The normalized spacial score (nSPS) is 18.7. The van der Waals surface area contributed by atoms with E-state index in [9.17, 15) is 4.79 Å². The Morgan fingerprint density at radius 1 is 1.28 bits per heavy atom. The van der Waals surface area contributed by atoms with E-state index in [1.165, 1.54) is 0 Å². The summed E-state index contributed by atoms with van der Waals surface area (Å²) in [6.07, 6.45) is 4.98. The third kappa shape index (κ3) is 4.44. The van der Waals surface area contributed by atoms with E-state index in [1.807, 2.05) is 43.6 Å². The topological polar surface area (TPSA) is 104 Å². The Bertz CT molecular complexity index is 989. The zero-order valence-corrected chi connectivity index (χ0v) is 16.1. The van der Waals surface area contributed by atoms with Gasteiger partial charge in [0.2, 0.25) is 0 Å². The van der Waals surface area contributed by atoms with Gasteiger partial charge in [-0.2, -0.15) is 5.10 Å². The van der Waals surface area contributed by atoms with E-state index in [2.05, 4.69) is 15.4 Å². The molecule has 0 aliphatic carbocycles. The van der Waals surface area contributed by atoms with Gasteiger partial charge in [0.15, 0.2) is 0 Å². The van der Waals surface area contributed by atoms with Gasteiger partial charge in [0.05, 0.1) is 37.6 Å². The molecule has 0 saturated carbocycles. The zero-order chi connectivity index (χ0) is 20.2. The molecule has 0 radical (unpaired) electrons. The maximum Gasteiger partial charge on any atom is 0.255 e. The number of aromatic nitrogens is 3. The number of anilines is 1. The summed E-state index contributed by atoms with van der Waals surface area (Å²) < 4.78 is 13.2. The van der Waals surface area contributed by atoms with Crippen molar-refractivity contribution in [1.82, 2.24) is 20.1 Å². The first-order chi connectivity index (χ1) is 14.1. The molecule has 1 fully saturated rings. The Kier molecular flexibility index (Phi) is 5.55. The molecule has 1 aromatic carbocycles. The lowest BCUT2D eigenvalue weighted by molar-refractivity contribution is 0.0218. The third-order valence-electron chi connectivity index (χ3n) is 4.85. The largest absolute Gasteiger partial charge is 0.383 e. The van der Waals surface area contributed by atoms with Gasteiger partial charge in [-0.15, -0.1) is 0 Å². The molecule has 0 unspecified atom stereocenters. The molecule has 0 spiro atoms. The quantitative estimate of drug-likeness (QED) is 0.662. The second-order valence-corrected chi connectivity index (χ2v) is 7.01. The number of rotatable bonds is 6. The Hall–Kier alpha value is -3.23. The molecule has 150 valence electrons. The number of benzene rings is 1. The van der Waals surface area contributed by atoms with Crippen LogP contribution in [-0.4, -0.2) is 46.0 Å². The lowest BCUT2D eigenvalue weighted by Gasteiger charge is -2.20. The minimum absolute atomic E-state index is 0.177. The van der Waals surface area contributed by atoms with Crippen LogP contribution < -0.4 is 11.1 Å². The van der Waals surface area contributed by atoms with Gasteiger partial charge in [0.25, 0.3) is 5.91 Å². The number of nitrogen functional groups attached to an aromatic ring is 1. The number of amides is 1. The Labute approximate surface area is 168 Å². The van der Waals surface area contributed by atoms with Crippen molar-refractivity contribution in [1.29, 1.82) is 0 Å². The molecule has 1 saturated heterocycles. The number of ether oxygens (including phenoxy) is 2. The molecule has 0 bridgehead atoms. The minimum Gasteiger partial charge on any atom is -0.383 e. The number of nitrogens with zero attached hydrogens (tertiary/aromatic N) is 3. The highest BCUT2D eigenvalue weighted by Crippen LogP contribution is 2.22. The van der Waals surface area contributed by atoms with Crippen molar-refractivity contribution in [2.24, 2.45) is 7.05 Å². The SMILES string of the molecule is Cn1cc(-c2cnc(N)c(C(=O)N[C@@H]3COC[C@H]3OCc3ccccc3)c2)cn1. The number of nitrogens with one attached hydrogen (secondary N) is 1. The van der Waals surface area contributed by atoms with Crippen LogP contribution in [-0.2, 0) is 23.1 Å². The van der Waals surface area contributed by atoms with Crippen LogP contribution in [0.3, 0.4) is 0 Å². The van der Waals surface area contributed by atoms with E-state index in [0.717, 1.165) is 16.7 Å². The summed E-state index contributed by atoms with van der Waals surface area (Å²) >= 11 is 0. The van der Waals surface area contributed by atoms with Crippen LogP contribution in [0, 0.1) is 0 Å². The predicted octanol–water partition coefficient (Wildman–Crippen LogP) is 1.78. The second kappa shape index (κ2) is 8.42. The maximum atomic E-state index is 12.9. The summed E-state index contributed by atoms with van der Waals surface area (Å²) in [5.74, 6) is -0.125. The number of nitrogens with two attached hydrogens (primary N) is 1. The molecule has 3 heterocycles. The molecule has 8 heteroatoms. The van der Waals surface area contributed by atoms with Gasteiger partial charge in [0.1, 0.15) is 11.9 Å². The number of carbonyl (C=O) groups is 1. The summed E-state index contributed by atoms with van der Waals surface area (Å²) in [6, 6.07) is 11.4. The number of pyridine rings is 1. The standard InChI is InChI=1S/C21H23N5O3/c1-26-10-16(9-24-26)15-7-17(20(22)23-8-15)21(27)25-18-12-28-13-19(18)29-11-14-5-3-2-4-6-14/h2-10,18-19H,11-13H2,1H3,(H2,22,23)(H,25,27)/t18-,19-/m1/s1. The molecular formula is C21H23N5O3. The van der Waals surface area contributed by atoms with E-state index < -0.39 is 0 Å². The first kappa shape index (κ1) is 19.1. The van der Waals surface area contributed by atoms with Crippen LogP contribution in [0.1, 0.15) is 15.9 Å². The second-order valence-electron chi connectivity index (χ2n) is 7.01. The van der Waals surface area contributed by atoms with Crippen LogP contribution in [0.5, 0.6) is 0 Å². The molecule has 2 atom stereocenters. The fourth-order valence-corrected chi connectivity index (χ4v) is 3.24. The van der Waals surface area contributed by atoms with Gasteiger partial charge in [-0.3, -0.25) is 9.48 Å². The van der Waals surface area contributed by atoms with Crippen LogP contribution in [0.15, 0.2) is 55.0 Å². The number of carbonyl (C=O) groups excluding carboxylic acids is 1. The van der Waals surface area contributed by atoms with Crippen LogP contribution in [0.25, 0.3) is 11.1 Å². The van der Waals surface area contributed by atoms with Crippen molar-refractivity contribution in [2.75, 3.05) is 18.9 Å². The minimum atomic E-state index is -0.301. The van der Waals surface area contributed by atoms with Crippen molar-refractivity contribution in [3.8, 4) is 11.1 Å². The predicted molar refractivity (Wildman–Crippen MR) is 108 cm³/mol. The van der Waals surface area contributed by atoms with Crippen molar-refractivity contribution in [3.63, 3.8) is 0 Å². The van der Waals surface area contributed by atoms with Crippen LogP contribution in [0.2, 0.25) is 0 Å². The van der Waals surface area contributed by atoms with Crippen molar-refractivity contribution in [2.45, 2.75) is 18.8 Å². The summed E-state index contributed by atoms with van der Waals surface area (Å²) in [5, 5.41) is 7.13. The average molecular weight is 393 g/mol. The van der Waals surface area contributed by atoms with Gasteiger partial charge in [-0.1, -0.05) is 30.3 Å². The van der Waals surface area contributed by atoms with Crippen LogP contribution in [0.4, 0.5) is 5.82 Å². The Balaban J connectivity index is 1.44. The highest BCUT2D eigenvalue weighted by molar-refractivity contribution is 5.99. The van der Waals surface area contributed by atoms with Gasteiger partial charge in [0, 0.05) is 30.6 Å². The molecule has 3 N–H and O–H groups in total. The van der Waals surface area contributed by atoms with E-state index in [4.69, 9.17) is 15.2 Å². The van der Waals surface area contributed by atoms with Gasteiger partial charge >= 0.3 is 0 Å². The monoisotopic (exact) mass is 393 g/mol. The lowest BCUT2D eigenvalue weighted by Crippen LogP contribution is -2.44. The Morgan fingerprint density at radius 3 is 2.86 bits per heavy atom. The Morgan fingerprint density at radius 2 is 2.10 bits per heavy atom. The smallest absolute Gasteiger partial charge is 0.255 e. The van der Waals surface area contributed by atoms with E-state index in [0.29, 0.717) is 25.4 Å². The first-order valence-electron chi connectivity index (χ1n) is 9.39. The van der Waals surface area contributed by atoms with E-state index >= 15 is 0 Å². The summed E-state index contributed by atoms with van der Waals surface area (Å²) in [5.41, 5.74) is 8.99. The molecule has 1 aliphatic heterocycles. The highest BCUT2D eigenvalue weighted by Gasteiger charge is 2.31. The average Bonchev–Trinajstić information content (AvgIpc) is 3.36. The summed E-state index contributed by atoms with van der Waals surface area (Å²) in [7, 11) is 1.83. The third-order valence-corrected chi connectivity index (χ3v) is 4.85. The maximum absolute atomic E-state index is 12.9. The summed E-state index contributed by atoms with van der Waals surface area (Å²) in [6.45, 7) is 1.28. The molecule has 2 aromatic heterocycles. The highest BCUT2D eigenvalue weighted by atomic mass is 16.5. The molecule has 4 rings (SSSR count). The van der Waals surface area contributed by atoms with Crippen molar-refractivity contribution >= 4 is 11.7 Å². The number of aryl methyl sites for hydroxylation is 1. The van der Waals surface area contributed by atoms with Gasteiger partial charge < -0.3 is 20.5 Å². The van der Waals surface area contributed by atoms with Gasteiger partial charge in [-0.05, 0) is 11.6 Å². The fourth-order valence-electron chi connectivity index (χ4n) is 3.24. The molecule has 1 aliphatic rings. The molecule has 8 nitrogen and oxygen atoms in total. The number of hydrogen-bond acceptors (Lipinski definition) is 6. The lowest BCUT2D eigenvalue weighted by atomic mass is 10.1. The van der Waals surface area contributed by atoms with E-state index in [1.54, 1.807) is 23.1 Å². The molecule has 3 aromatic rings. The van der Waals surface area contributed by atoms with E-state index in [-0.39, 0.29) is 23.9 Å². The fraction of sp³-hybridized carbons (Fsp3) is 0.286. The number of hydrogen-bond donors (Lipinski definition) is 2. The summed E-state index contributed by atoms with van der Waals surface area (Å²) in [4.78, 5) is 17.0. The van der Waals surface area contributed by atoms with Crippen LogP contribution >= 0.6 is 0 Å². The van der Waals surface area contributed by atoms with Gasteiger partial charge in [-0.25, -0.2) is 4.98 Å². The molecular weight excluding hydrogens is 370 g/mol. The molecule has 1 amide bonds. The molecule has 29 heavy (non-hydrogen) atoms. The van der Waals surface area contributed by atoms with Crippen molar-refractivity contribution in [3.05, 3.63) is 66.1 Å². The first-order valence-corrected chi connectivity index (χ1v) is 9.39. The zero-order valence-electron chi connectivity index (χ0n) is 16.1. The van der Waals surface area contributed by atoms with Crippen molar-refractivity contribution < 1.29 is 14.3 Å².